The number of nitrogens with two attached hydrogens (primary N) is 1. The van der Waals surface area contributed by atoms with Crippen molar-refractivity contribution >= 4 is 11.9 Å². The number of pyridine rings is 1. The van der Waals surface area contributed by atoms with E-state index in [2.05, 4.69) is 15.0 Å². The lowest BCUT2D eigenvalue weighted by Gasteiger charge is -2.00. The van der Waals surface area contributed by atoms with E-state index in [1.807, 2.05) is 25.1 Å². The van der Waals surface area contributed by atoms with Crippen molar-refractivity contribution in [3.05, 3.63) is 39.9 Å². The molecule has 1 rings (SSSR count). The van der Waals surface area contributed by atoms with Gasteiger partial charge in [0.05, 0.1) is 0 Å². The van der Waals surface area contributed by atoms with Crippen molar-refractivity contribution in [1.82, 2.24) is 4.98 Å². The van der Waals surface area contributed by atoms with Crippen LogP contribution in [0.5, 0.6) is 0 Å². The first-order valence-corrected chi connectivity index (χ1v) is 4.63. The van der Waals surface area contributed by atoms with E-state index in [-0.39, 0.29) is 0 Å². The van der Waals surface area contributed by atoms with Crippen molar-refractivity contribution in [3.63, 3.8) is 0 Å². The van der Waals surface area contributed by atoms with Gasteiger partial charge in [0.15, 0.2) is 0 Å². The van der Waals surface area contributed by atoms with E-state index >= 15 is 0 Å². The minimum absolute atomic E-state index is 0.481. The minimum Gasteiger partial charge on any atom is -0.384 e. The van der Waals surface area contributed by atoms with Gasteiger partial charge < -0.3 is 5.73 Å². The third-order valence-corrected chi connectivity index (χ3v) is 1.93. The van der Waals surface area contributed by atoms with Gasteiger partial charge in [-0.25, -0.2) is 4.98 Å². The van der Waals surface area contributed by atoms with E-state index in [1.165, 1.54) is 0 Å². The molecule has 15 heavy (non-hydrogen) atoms. The first kappa shape index (κ1) is 11.1. The van der Waals surface area contributed by atoms with Crippen LogP contribution in [0.4, 0.5) is 5.82 Å². The SMILES string of the molecule is Cc1cc(N)ncc1C=CCCN=[N+]=[N-]. The summed E-state index contributed by atoms with van der Waals surface area (Å²) in [5, 5.41) is 3.43. The number of aryl methyl sites for hydroxylation is 1. The van der Waals surface area contributed by atoms with Crippen LogP contribution in [0.3, 0.4) is 0 Å². The predicted molar refractivity (Wildman–Crippen MR) is 61.1 cm³/mol. The lowest BCUT2D eigenvalue weighted by atomic mass is 10.1. The van der Waals surface area contributed by atoms with E-state index in [0.29, 0.717) is 12.4 Å². The molecular formula is C10H13N5. The lowest BCUT2D eigenvalue weighted by Crippen LogP contribution is -1.91. The number of hydrogen-bond acceptors (Lipinski definition) is 3. The molecule has 5 nitrogen and oxygen atoms in total. The molecule has 5 heteroatoms. The van der Waals surface area contributed by atoms with Crippen molar-refractivity contribution in [2.75, 3.05) is 12.3 Å². The van der Waals surface area contributed by atoms with E-state index in [9.17, 15) is 0 Å². The summed E-state index contributed by atoms with van der Waals surface area (Å²) in [6, 6.07) is 1.83. The summed E-state index contributed by atoms with van der Waals surface area (Å²) < 4.78 is 0. The standard InChI is InChI=1S/C10H13N5/c1-8-6-10(11)13-7-9(8)4-2-3-5-14-15-12/h2,4,6-7H,3,5H2,1H3,(H2,11,13). The molecule has 0 spiro atoms. The molecular weight excluding hydrogens is 190 g/mol. The molecule has 0 saturated heterocycles. The van der Waals surface area contributed by atoms with Crippen molar-refractivity contribution in [3.8, 4) is 0 Å². The number of anilines is 1. The van der Waals surface area contributed by atoms with Crippen molar-refractivity contribution in [2.24, 2.45) is 5.11 Å². The van der Waals surface area contributed by atoms with Crippen LogP contribution in [0.15, 0.2) is 23.5 Å². The first-order valence-electron chi connectivity index (χ1n) is 4.63. The molecule has 0 atom stereocenters. The summed E-state index contributed by atoms with van der Waals surface area (Å²) >= 11 is 0. The lowest BCUT2D eigenvalue weighted by molar-refractivity contribution is 0.995. The van der Waals surface area contributed by atoms with E-state index < -0.39 is 0 Å². The molecule has 0 aliphatic heterocycles. The zero-order chi connectivity index (χ0) is 11.1. The summed E-state index contributed by atoms with van der Waals surface area (Å²) in [6.45, 7) is 2.46. The first-order chi connectivity index (χ1) is 7.24. The summed E-state index contributed by atoms with van der Waals surface area (Å²) in [6.07, 6.45) is 6.37. The Morgan fingerprint density at radius 1 is 1.67 bits per heavy atom. The Hall–Kier alpha value is -2.00. The second-order valence-electron chi connectivity index (χ2n) is 3.11. The fraction of sp³-hybridized carbons (Fsp3) is 0.300. The molecule has 0 radical (unpaired) electrons. The molecule has 0 fully saturated rings. The van der Waals surface area contributed by atoms with Crippen LogP contribution in [0.25, 0.3) is 16.5 Å². The highest BCUT2D eigenvalue weighted by Gasteiger charge is 1.94. The maximum absolute atomic E-state index is 8.07. The Balaban J connectivity index is 2.60. The average Bonchev–Trinajstić information content (AvgIpc) is 2.20. The molecule has 78 valence electrons. The number of nitrogens with zero attached hydrogens (tertiary/aromatic N) is 4. The van der Waals surface area contributed by atoms with Crippen molar-refractivity contribution in [2.45, 2.75) is 13.3 Å². The second kappa shape index (κ2) is 5.67. The molecule has 1 aromatic rings. The molecule has 0 saturated carbocycles. The van der Waals surface area contributed by atoms with Gasteiger partial charge in [0.25, 0.3) is 0 Å². The van der Waals surface area contributed by atoms with Crippen LogP contribution in [0.2, 0.25) is 0 Å². The molecule has 0 aliphatic rings. The van der Waals surface area contributed by atoms with Crippen molar-refractivity contribution in [1.29, 1.82) is 0 Å². The Morgan fingerprint density at radius 2 is 2.47 bits per heavy atom. The van der Waals surface area contributed by atoms with Gasteiger partial charge in [-0.1, -0.05) is 17.3 Å². The van der Waals surface area contributed by atoms with Gasteiger partial charge in [-0.15, -0.1) is 0 Å². The van der Waals surface area contributed by atoms with Gasteiger partial charge >= 0.3 is 0 Å². The number of aromatic nitrogens is 1. The fourth-order valence-electron chi connectivity index (χ4n) is 1.15. The quantitative estimate of drug-likeness (QED) is 0.353. The van der Waals surface area contributed by atoms with E-state index in [0.717, 1.165) is 17.5 Å². The molecule has 0 aliphatic carbocycles. The van der Waals surface area contributed by atoms with E-state index in [4.69, 9.17) is 11.3 Å². The third-order valence-electron chi connectivity index (χ3n) is 1.93. The van der Waals surface area contributed by atoms with Gasteiger partial charge in [0, 0.05) is 17.7 Å². The van der Waals surface area contributed by atoms with Gasteiger partial charge in [0.1, 0.15) is 5.82 Å². The largest absolute Gasteiger partial charge is 0.384 e. The summed E-state index contributed by atoms with van der Waals surface area (Å²) in [5.41, 5.74) is 15.7. The van der Waals surface area contributed by atoms with Crippen LogP contribution < -0.4 is 5.73 Å². The van der Waals surface area contributed by atoms with Gasteiger partial charge in [-0.3, -0.25) is 0 Å². The second-order valence-corrected chi connectivity index (χ2v) is 3.11. The molecule has 0 amide bonds. The highest BCUT2D eigenvalue weighted by Crippen LogP contribution is 2.11. The van der Waals surface area contributed by atoms with Gasteiger partial charge in [0.2, 0.25) is 0 Å². The van der Waals surface area contributed by atoms with Gasteiger partial charge in [-0.2, -0.15) is 0 Å². The molecule has 0 aromatic carbocycles. The topological polar surface area (TPSA) is 87.7 Å². The highest BCUT2D eigenvalue weighted by molar-refractivity contribution is 5.54. The Labute approximate surface area is 88.3 Å². The van der Waals surface area contributed by atoms with Crippen LogP contribution in [-0.4, -0.2) is 11.5 Å². The summed E-state index contributed by atoms with van der Waals surface area (Å²) in [7, 11) is 0. The van der Waals surface area contributed by atoms with E-state index in [1.54, 1.807) is 6.20 Å². The van der Waals surface area contributed by atoms with Crippen molar-refractivity contribution < 1.29 is 0 Å². The Morgan fingerprint density at radius 3 is 3.13 bits per heavy atom. The van der Waals surface area contributed by atoms with Crippen LogP contribution >= 0.6 is 0 Å². The highest BCUT2D eigenvalue weighted by atomic mass is 15.1. The van der Waals surface area contributed by atoms with Crippen LogP contribution in [0, 0.1) is 6.92 Å². The zero-order valence-electron chi connectivity index (χ0n) is 8.59. The number of hydrogen-bond donors (Lipinski definition) is 1. The maximum atomic E-state index is 8.07. The smallest absolute Gasteiger partial charge is 0.123 e. The maximum Gasteiger partial charge on any atom is 0.123 e. The minimum atomic E-state index is 0.481. The predicted octanol–water partition coefficient (Wildman–Crippen LogP) is 2.69. The normalized spacial score (nSPS) is 10.2. The molecule has 1 aromatic heterocycles. The monoisotopic (exact) mass is 203 g/mol. The average molecular weight is 203 g/mol. The van der Waals surface area contributed by atoms with Crippen LogP contribution in [-0.2, 0) is 0 Å². The third kappa shape index (κ3) is 3.70. The zero-order valence-corrected chi connectivity index (χ0v) is 8.59. The molecule has 0 bridgehead atoms. The number of azide groups is 1. The number of rotatable bonds is 4. The summed E-state index contributed by atoms with van der Waals surface area (Å²) in [5.74, 6) is 0.527. The Bertz CT molecular complexity index is 404. The Kier molecular flexibility index (Phi) is 4.19. The molecule has 0 unspecified atom stereocenters. The fourth-order valence-corrected chi connectivity index (χ4v) is 1.15. The van der Waals surface area contributed by atoms with Gasteiger partial charge in [-0.05, 0) is 36.1 Å². The van der Waals surface area contributed by atoms with Crippen LogP contribution in [0.1, 0.15) is 17.5 Å². The number of nitrogen functional groups attached to an aromatic ring is 1. The molecule has 2 N–H and O–H groups in total. The summed E-state index contributed by atoms with van der Waals surface area (Å²) in [4.78, 5) is 6.67. The molecule has 1 heterocycles.